The van der Waals surface area contributed by atoms with Gasteiger partial charge < -0.3 is 19.6 Å². The summed E-state index contributed by atoms with van der Waals surface area (Å²) >= 11 is 2.17. The fourth-order valence-electron chi connectivity index (χ4n) is 2.40. The van der Waals surface area contributed by atoms with E-state index in [9.17, 15) is 4.79 Å². The highest BCUT2D eigenvalue weighted by molar-refractivity contribution is 14.1. The quantitative estimate of drug-likeness (QED) is 0.570. The highest BCUT2D eigenvalue weighted by atomic mass is 127. The molecule has 0 aliphatic rings. The molecule has 0 aliphatic heterocycles. The Labute approximate surface area is 158 Å². The minimum absolute atomic E-state index is 0.160. The van der Waals surface area contributed by atoms with Crippen molar-refractivity contribution >= 4 is 34.2 Å². The number of hydrogen-bond acceptors (Lipinski definition) is 4. The van der Waals surface area contributed by atoms with Crippen molar-refractivity contribution in [1.29, 1.82) is 0 Å². The van der Waals surface area contributed by atoms with E-state index in [1.165, 1.54) is 0 Å². The molecular formula is C19H16INO4. The number of carbonyl (C=O) groups is 1. The summed E-state index contributed by atoms with van der Waals surface area (Å²) in [5.74, 6) is 1.42. The molecule has 3 rings (SSSR count). The van der Waals surface area contributed by atoms with Crippen LogP contribution in [-0.2, 0) is 6.61 Å². The molecule has 0 unspecified atom stereocenters. The van der Waals surface area contributed by atoms with Gasteiger partial charge in [0.25, 0.3) is 5.91 Å². The normalized spacial score (nSPS) is 10.5. The number of furan rings is 1. The van der Waals surface area contributed by atoms with Crippen LogP contribution in [0.1, 0.15) is 16.1 Å². The van der Waals surface area contributed by atoms with Gasteiger partial charge in [0.15, 0.2) is 0 Å². The lowest BCUT2D eigenvalue weighted by atomic mass is 10.1. The van der Waals surface area contributed by atoms with Crippen LogP contribution in [0.2, 0.25) is 0 Å². The molecule has 0 saturated carbocycles. The highest BCUT2D eigenvalue weighted by Gasteiger charge is 2.13. The summed E-state index contributed by atoms with van der Waals surface area (Å²) in [6, 6.07) is 16.2. The van der Waals surface area contributed by atoms with E-state index in [0.29, 0.717) is 28.5 Å². The van der Waals surface area contributed by atoms with Gasteiger partial charge in [-0.15, -0.1) is 0 Å². The zero-order valence-corrected chi connectivity index (χ0v) is 15.6. The van der Waals surface area contributed by atoms with Crippen LogP contribution in [0, 0.1) is 3.57 Å². The Bertz CT molecular complexity index is 904. The van der Waals surface area contributed by atoms with Crippen LogP contribution in [0.15, 0.2) is 59.0 Å². The van der Waals surface area contributed by atoms with Gasteiger partial charge in [-0.1, -0.05) is 6.07 Å². The molecule has 0 spiro atoms. The van der Waals surface area contributed by atoms with Gasteiger partial charge in [0.2, 0.25) is 0 Å². The number of anilines is 1. The van der Waals surface area contributed by atoms with Gasteiger partial charge in [-0.3, -0.25) is 4.79 Å². The lowest BCUT2D eigenvalue weighted by Crippen LogP contribution is -2.12. The van der Waals surface area contributed by atoms with Gasteiger partial charge in [0, 0.05) is 14.7 Å². The fourth-order valence-corrected chi connectivity index (χ4v) is 2.94. The van der Waals surface area contributed by atoms with Gasteiger partial charge in [-0.2, -0.15) is 0 Å². The third-order valence-corrected chi connectivity index (χ3v) is 4.31. The topological polar surface area (TPSA) is 71.7 Å². The number of amides is 1. The summed E-state index contributed by atoms with van der Waals surface area (Å²) in [7, 11) is 1.55. The molecule has 0 saturated heterocycles. The first-order valence-electron chi connectivity index (χ1n) is 7.55. The number of carbonyl (C=O) groups excluding carboxylic acids is 1. The highest BCUT2D eigenvalue weighted by Crippen LogP contribution is 2.32. The number of benzene rings is 2. The molecule has 0 atom stereocenters. The Hall–Kier alpha value is -2.32. The van der Waals surface area contributed by atoms with Crippen molar-refractivity contribution in [3.8, 4) is 17.1 Å². The predicted molar refractivity (Wildman–Crippen MR) is 104 cm³/mol. The SMILES string of the molecule is COc1ccc(-c2ccc(CO)o2)cc1NC(=O)c1cccc(I)c1. The molecule has 5 nitrogen and oxygen atoms in total. The van der Waals surface area contributed by atoms with E-state index in [1.807, 2.05) is 24.3 Å². The molecule has 2 aromatic carbocycles. The molecule has 25 heavy (non-hydrogen) atoms. The number of nitrogens with one attached hydrogen (secondary N) is 1. The summed E-state index contributed by atoms with van der Waals surface area (Å²) in [6.45, 7) is -0.160. The number of hydrogen-bond donors (Lipinski definition) is 2. The average Bonchev–Trinajstić information content (AvgIpc) is 3.11. The van der Waals surface area contributed by atoms with Gasteiger partial charge in [-0.05, 0) is 71.1 Å². The second-order valence-corrected chi connectivity index (χ2v) is 6.55. The maximum atomic E-state index is 12.5. The van der Waals surface area contributed by atoms with E-state index >= 15 is 0 Å². The Balaban J connectivity index is 1.91. The van der Waals surface area contributed by atoms with E-state index in [0.717, 1.165) is 9.13 Å². The third-order valence-electron chi connectivity index (χ3n) is 3.64. The van der Waals surface area contributed by atoms with Crippen molar-refractivity contribution in [2.75, 3.05) is 12.4 Å². The third kappa shape index (κ3) is 4.02. The molecule has 1 aromatic heterocycles. The van der Waals surface area contributed by atoms with Gasteiger partial charge in [0.1, 0.15) is 23.9 Å². The minimum Gasteiger partial charge on any atom is -0.495 e. The molecule has 6 heteroatoms. The summed E-state index contributed by atoms with van der Waals surface area (Å²) in [5, 5.41) is 12.0. The summed E-state index contributed by atoms with van der Waals surface area (Å²) in [6.07, 6.45) is 0. The maximum absolute atomic E-state index is 12.5. The fraction of sp³-hybridized carbons (Fsp3) is 0.105. The number of aliphatic hydroxyl groups is 1. The molecule has 1 amide bonds. The van der Waals surface area contributed by atoms with Crippen molar-refractivity contribution in [3.05, 3.63) is 69.5 Å². The molecule has 2 N–H and O–H groups in total. The van der Waals surface area contributed by atoms with Gasteiger partial charge >= 0.3 is 0 Å². The molecule has 1 heterocycles. The average molecular weight is 449 g/mol. The van der Waals surface area contributed by atoms with Crippen LogP contribution in [0.3, 0.4) is 0 Å². The van der Waals surface area contributed by atoms with Crippen LogP contribution < -0.4 is 10.1 Å². The second kappa shape index (κ2) is 7.71. The van der Waals surface area contributed by atoms with E-state index in [2.05, 4.69) is 27.9 Å². The molecule has 3 aromatic rings. The molecular weight excluding hydrogens is 433 g/mol. The lowest BCUT2D eigenvalue weighted by Gasteiger charge is -2.12. The first-order chi connectivity index (χ1) is 12.1. The zero-order chi connectivity index (χ0) is 17.8. The van der Waals surface area contributed by atoms with Crippen molar-refractivity contribution in [2.45, 2.75) is 6.61 Å². The number of rotatable bonds is 5. The van der Waals surface area contributed by atoms with Crippen molar-refractivity contribution in [2.24, 2.45) is 0 Å². The minimum atomic E-state index is -0.218. The Morgan fingerprint density at radius 3 is 2.72 bits per heavy atom. The number of halogens is 1. The maximum Gasteiger partial charge on any atom is 0.255 e. The van der Waals surface area contributed by atoms with E-state index < -0.39 is 0 Å². The number of aliphatic hydroxyl groups excluding tert-OH is 1. The van der Waals surface area contributed by atoms with E-state index in [-0.39, 0.29) is 12.5 Å². The van der Waals surface area contributed by atoms with Gasteiger partial charge in [0.05, 0.1) is 12.8 Å². The molecule has 128 valence electrons. The predicted octanol–water partition coefficient (Wildman–Crippen LogP) is 4.30. The molecule has 0 fully saturated rings. The van der Waals surface area contributed by atoms with E-state index in [1.54, 1.807) is 37.4 Å². The number of ether oxygens (including phenoxy) is 1. The summed E-state index contributed by atoms with van der Waals surface area (Å²) < 4.78 is 11.9. The molecule has 0 aliphatic carbocycles. The van der Waals surface area contributed by atoms with Crippen molar-refractivity contribution in [1.82, 2.24) is 0 Å². The summed E-state index contributed by atoms with van der Waals surface area (Å²) in [5.41, 5.74) is 1.89. The standard InChI is InChI=1S/C19H16INO4/c1-24-18-7-5-12(17-8-6-15(11-22)25-17)10-16(18)21-19(23)13-3-2-4-14(20)9-13/h2-10,22H,11H2,1H3,(H,21,23). The summed E-state index contributed by atoms with van der Waals surface area (Å²) in [4.78, 5) is 12.5. The van der Waals surface area contributed by atoms with Crippen molar-refractivity contribution < 1.29 is 19.1 Å². The van der Waals surface area contributed by atoms with Crippen LogP contribution in [0.25, 0.3) is 11.3 Å². The first kappa shape index (κ1) is 17.5. The monoisotopic (exact) mass is 449 g/mol. The largest absolute Gasteiger partial charge is 0.495 e. The zero-order valence-electron chi connectivity index (χ0n) is 13.5. The Kier molecular flexibility index (Phi) is 5.40. The number of methoxy groups -OCH3 is 1. The van der Waals surface area contributed by atoms with Gasteiger partial charge in [-0.25, -0.2) is 0 Å². The second-order valence-electron chi connectivity index (χ2n) is 5.30. The Morgan fingerprint density at radius 2 is 2.04 bits per heavy atom. The molecule has 0 bridgehead atoms. The smallest absolute Gasteiger partial charge is 0.255 e. The van der Waals surface area contributed by atoms with E-state index in [4.69, 9.17) is 14.3 Å². The van der Waals surface area contributed by atoms with Crippen LogP contribution in [0.4, 0.5) is 5.69 Å². The van der Waals surface area contributed by atoms with Crippen LogP contribution in [-0.4, -0.2) is 18.1 Å². The van der Waals surface area contributed by atoms with Crippen LogP contribution in [0.5, 0.6) is 5.75 Å². The first-order valence-corrected chi connectivity index (χ1v) is 8.63. The lowest BCUT2D eigenvalue weighted by molar-refractivity contribution is 0.102. The Morgan fingerprint density at radius 1 is 1.20 bits per heavy atom. The van der Waals surface area contributed by atoms with Crippen LogP contribution >= 0.6 is 22.6 Å². The molecule has 0 radical (unpaired) electrons. The van der Waals surface area contributed by atoms with Crippen molar-refractivity contribution in [3.63, 3.8) is 0 Å².